The molecule has 0 aromatic heterocycles. The smallest absolute Gasteiger partial charge is 0.198 e. The van der Waals surface area contributed by atoms with Crippen LogP contribution in [0.2, 0.25) is 0 Å². The van der Waals surface area contributed by atoms with Gasteiger partial charge in [-0.25, -0.2) is 0 Å². The molecule has 0 spiro atoms. The van der Waals surface area contributed by atoms with E-state index in [1.807, 2.05) is 0 Å². The van der Waals surface area contributed by atoms with E-state index in [1.165, 1.54) is 35.4 Å². The normalized spacial score (nSPS) is 11.9. The van der Waals surface area contributed by atoms with E-state index in [-0.39, 0.29) is 33.8 Å². The number of hydrogen-bond acceptors (Lipinski definition) is 4. The predicted octanol–water partition coefficient (Wildman–Crippen LogP) is 4.18. The summed E-state index contributed by atoms with van der Waals surface area (Å²) in [6, 6.07) is 17.1. The quantitative estimate of drug-likeness (QED) is 0.469. The van der Waals surface area contributed by atoms with Gasteiger partial charge in [-0.2, -0.15) is 0 Å². The third kappa shape index (κ3) is 2.97. The first-order valence-electron chi connectivity index (χ1n) is 8.17. The fourth-order valence-electron chi connectivity index (χ4n) is 2.85. The maximum atomic E-state index is 12.2. The monoisotopic (exact) mass is 346 g/mol. The van der Waals surface area contributed by atoms with E-state index in [1.54, 1.807) is 12.1 Å². The van der Waals surface area contributed by atoms with Gasteiger partial charge >= 0.3 is 0 Å². The summed E-state index contributed by atoms with van der Waals surface area (Å²) in [5.41, 5.74) is 2.98. The number of carbonyl (C=O) groups is 2. The Morgan fingerprint density at radius 1 is 0.577 bits per heavy atom. The molecule has 0 atom stereocenters. The molecule has 3 aromatic carbocycles. The maximum absolute atomic E-state index is 12.2. The third-order valence-electron chi connectivity index (χ3n) is 4.46. The SMILES string of the molecule is Cc1ccccc1C.O=C1c2ccccc2C(=O)c2c(O)ccc(O)c21. The zero-order chi connectivity index (χ0) is 18.8. The van der Waals surface area contributed by atoms with Crippen molar-refractivity contribution in [3.05, 3.63) is 94.0 Å². The minimum absolute atomic E-state index is 0.126. The first-order chi connectivity index (χ1) is 12.4. The molecule has 1 aliphatic carbocycles. The molecular formula is C22H18O4. The van der Waals surface area contributed by atoms with Gasteiger partial charge in [0.2, 0.25) is 0 Å². The lowest BCUT2D eigenvalue weighted by Gasteiger charge is -2.18. The zero-order valence-electron chi connectivity index (χ0n) is 14.5. The molecule has 3 aromatic rings. The maximum Gasteiger partial charge on any atom is 0.198 e. The van der Waals surface area contributed by atoms with E-state index < -0.39 is 11.6 Å². The van der Waals surface area contributed by atoms with E-state index in [9.17, 15) is 19.8 Å². The molecule has 0 saturated carbocycles. The summed E-state index contributed by atoms with van der Waals surface area (Å²) in [6.45, 7) is 4.24. The molecule has 0 radical (unpaired) electrons. The predicted molar refractivity (Wildman–Crippen MR) is 99.0 cm³/mol. The largest absolute Gasteiger partial charge is 0.507 e. The van der Waals surface area contributed by atoms with E-state index in [2.05, 4.69) is 38.1 Å². The summed E-state index contributed by atoms with van der Waals surface area (Å²) in [7, 11) is 0. The molecule has 130 valence electrons. The van der Waals surface area contributed by atoms with Crippen LogP contribution in [0.4, 0.5) is 0 Å². The van der Waals surface area contributed by atoms with Crippen LogP contribution in [0.25, 0.3) is 0 Å². The van der Waals surface area contributed by atoms with Gasteiger partial charge in [-0.05, 0) is 37.1 Å². The summed E-state index contributed by atoms with van der Waals surface area (Å²) < 4.78 is 0. The van der Waals surface area contributed by atoms with Gasteiger partial charge in [0, 0.05) is 11.1 Å². The Balaban J connectivity index is 0.000000206. The minimum atomic E-state index is -0.450. The highest BCUT2D eigenvalue weighted by molar-refractivity contribution is 6.30. The minimum Gasteiger partial charge on any atom is -0.507 e. The number of hydrogen-bond donors (Lipinski definition) is 2. The molecule has 4 heteroatoms. The number of aromatic hydroxyl groups is 2. The molecule has 2 N–H and O–H groups in total. The molecular weight excluding hydrogens is 328 g/mol. The van der Waals surface area contributed by atoms with Crippen LogP contribution >= 0.6 is 0 Å². The molecule has 0 amide bonds. The van der Waals surface area contributed by atoms with Crippen molar-refractivity contribution in [2.45, 2.75) is 13.8 Å². The van der Waals surface area contributed by atoms with E-state index >= 15 is 0 Å². The third-order valence-corrected chi connectivity index (χ3v) is 4.46. The first-order valence-corrected chi connectivity index (χ1v) is 8.17. The van der Waals surface area contributed by atoms with Gasteiger partial charge < -0.3 is 10.2 Å². The van der Waals surface area contributed by atoms with Crippen LogP contribution in [-0.2, 0) is 0 Å². The number of benzene rings is 3. The Morgan fingerprint density at radius 3 is 1.27 bits per heavy atom. The second kappa shape index (κ2) is 6.84. The average Bonchev–Trinajstić information content (AvgIpc) is 2.64. The molecule has 0 unspecified atom stereocenters. The molecule has 26 heavy (non-hydrogen) atoms. The summed E-state index contributed by atoms with van der Waals surface area (Å²) in [5.74, 6) is -1.49. The number of phenols is 2. The van der Waals surface area contributed by atoms with Crippen LogP contribution in [0.1, 0.15) is 43.0 Å². The van der Waals surface area contributed by atoms with Crippen molar-refractivity contribution in [3.8, 4) is 11.5 Å². The van der Waals surface area contributed by atoms with Crippen LogP contribution in [0, 0.1) is 13.8 Å². The molecule has 4 rings (SSSR count). The number of phenolic OH excluding ortho intramolecular Hbond substituents is 2. The van der Waals surface area contributed by atoms with Crippen molar-refractivity contribution in [1.29, 1.82) is 0 Å². The zero-order valence-corrected chi connectivity index (χ0v) is 14.5. The van der Waals surface area contributed by atoms with E-state index in [0.29, 0.717) is 0 Å². The van der Waals surface area contributed by atoms with Crippen molar-refractivity contribution in [2.24, 2.45) is 0 Å². The van der Waals surface area contributed by atoms with Gasteiger partial charge in [-0.15, -0.1) is 0 Å². The summed E-state index contributed by atoms with van der Waals surface area (Å²) in [5, 5.41) is 19.4. The Bertz CT molecular complexity index is 937. The first kappa shape index (κ1) is 17.4. The summed E-state index contributed by atoms with van der Waals surface area (Å²) >= 11 is 0. The van der Waals surface area contributed by atoms with Gasteiger partial charge in [-0.1, -0.05) is 48.5 Å². The van der Waals surface area contributed by atoms with Crippen molar-refractivity contribution in [1.82, 2.24) is 0 Å². The number of aryl methyl sites for hydroxylation is 2. The Kier molecular flexibility index (Phi) is 4.59. The number of ketones is 2. The highest BCUT2D eigenvalue weighted by Gasteiger charge is 2.33. The van der Waals surface area contributed by atoms with E-state index in [4.69, 9.17) is 0 Å². The number of carbonyl (C=O) groups excluding carboxylic acids is 2. The lowest BCUT2D eigenvalue weighted by Crippen LogP contribution is -2.20. The van der Waals surface area contributed by atoms with Gasteiger partial charge in [0.05, 0.1) is 11.1 Å². The molecule has 4 nitrogen and oxygen atoms in total. The van der Waals surface area contributed by atoms with Crippen LogP contribution in [0.3, 0.4) is 0 Å². The average molecular weight is 346 g/mol. The van der Waals surface area contributed by atoms with Crippen LogP contribution in [0.5, 0.6) is 11.5 Å². The second-order valence-corrected chi connectivity index (χ2v) is 6.14. The van der Waals surface area contributed by atoms with E-state index in [0.717, 1.165) is 0 Å². The van der Waals surface area contributed by atoms with Crippen LogP contribution in [0.15, 0.2) is 60.7 Å². The van der Waals surface area contributed by atoms with Gasteiger partial charge in [0.25, 0.3) is 0 Å². The molecule has 0 aliphatic heterocycles. The lowest BCUT2D eigenvalue weighted by molar-refractivity contribution is 0.0974. The summed E-state index contributed by atoms with van der Waals surface area (Å²) in [6.07, 6.45) is 0. The van der Waals surface area contributed by atoms with Crippen LogP contribution < -0.4 is 0 Å². The van der Waals surface area contributed by atoms with Gasteiger partial charge in [0.15, 0.2) is 11.6 Å². The van der Waals surface area contributed by atoms with Crippen molar-refractivity contribution < 1.29 is 19.8 Å². The Morgan fingerprint density at radius 2 is 0.923 bits per heavy atom. The Labute approximate surface area is 151 Å². The van der Waals surface area contributed by atoms with Crippen LogP contribution in [-0.4, -0.2) is 21.8 Å². The fourth-order valence-corrected chi connectivity index (χ4v) is 2.85. The molecule has 0 heterocycles. The molecule has 0 saturated heterocycles. The Hall–Kier alpha value is -3.40. The molecule has 0 fully saturated rings. The summed E-state index contributed by atoms with van der Waals surface area (Å²) in [4.78, 5) is 24.4. The second-order valence-electron chi connectivity index (χ2n) is 6.14. The van der Waals surface area contributed by atoms with Crippen molar-refractivity contribution in [3.63, 3.8) is 0 Å². The van der Waals surface area contributed by atoms with Crippen molar-refractivity contribution >= 4 is 11.6 Å². The number of rotatable bonds is 0. The highest BCUT2D eigenvalue weighted by Crippen LogP contribution is 2.37. The topological polar surface area (TPSA) is 74.6 Å². The number of fused-ring (bicyclic) bond motifs is 2. The standard InChI is InChI=1S/C14H8O4.C8H10/c15-9-5-6-10(16)12-11(9)13(17)7-3-1-2-4-8(7)14(12)18;1-7-5-3-4-6-8(7)2/h1-6,15-16H;3-6H,1-2H3. The lowest BCUT2D eigenvalue weighted by atomic mass is 9.83. The van der Waals surface area contributed by atoms with Gasteiger partial charge in [0.1, 0.15) is 11.5 Å². The fraction of sp³-hybridized carbons (Fsp3) is 0.0909. The van der Waals surface area contributed by atoms with Gasteiger partial charge in [-0.3, -0.25) is 9.59 Å². The highest BCUT2D eigenvalue weighted by atomic mass is 16.3. The molecule has 0 bridgehead atoms. The van der Waals surface area contributed by atoms with Crippen molar-refractivity contribution in [2.75, 3.05) is 0 Å². The molecule has 1 aliphatic rings.